The zero-order valence-electron chi connectivity index (χ0n) is 10.7. The van der Waals surface area contributed by atoms with Crippen LogP contribution >= 0.6 is 0 Å². The van der Waals surface area contributed by atoms with Crippen LogP contribution in [0.1, 0.15) is 23.1 Å². The van der Waals surface area contributed by atoms with Crippen LogP contribution in [0.5, 0.6) is 5.75 Å². The van der Waals surface area contributed by atoms with Gasteiger partial charge in [0.15, 0.2) is 11.6 Å². The number of hydrogen-bond acceptors (Lipinski definition) is 4. The fourth-order valence-corrected chi connectivity index (χ4v) is 2.24. The standard InChI is InChI=1S/C14H15N3O2/c1-2-17-8-6-16-14(17)12(18)10-4-3-5-11-13(10)19-9-7-15-11/h3-6,8,15H,2,7,9H2,1H3. The summed E-state index contributed by atoms with van der Waals surface area (Å²) in [6.45, 7) is 4.03. The zero-order chi connectivity index (χ0) is 13.2. The first-order valence-electron chi connectivity index (χ1n) is 6.36. The molecule has 0 saturated heterocycles. The fraction of sp³-hybridized carbons (Fsp3) is 0.286. The van der Waals surface area contributed by atoms with Crippen LogP contribution in [0.2, 0.25) is 0 Å². The second-order valence-electron chi connectivity index (χ2n) is 4.32. The third-order valence-corrected chi connectivity index (χ3v) is 3.18. The van der Waals surface area contributed by atoms with Gasteiger partial charge in [-0.2, -0.15) is 0 Å². The number of anilines is 1. The van der Waals surface area contributed by atoms with E-state index in [9.17, 15) is 4.79 Å². The van der Waals surface area contributed by atoms with Gasteiger partial charge >= 0.3 is 0 Å². The third kappa shape index (κ3) is 1.97. The lowest BCUT2D eigenvalue weighted by atomic mass is 10.1. The summed E-state index contributed by atoms with van der Waals surface area (Å²) in [7, 11) is 0. The average molecular weight is 257 g/mol. The van der Waals surface area contributed by atoms with Crippen molar-refractivity contribution in [1.29, 1.82) is 0 Å². The molecule has 0 atom stereocenters. The number of nitrogens with zero attached hydrogens (tertiary/aromatic N) is 2. The second kappa shape index (κ2) is 4.76. The van der Waals surface area contributed by atoms with Crippen molar-refractivity contribution in [3.63, 3.8) is 0 Å². The lowest BCUT2D eigenvalue weighted by molar-refractivity contribution is 0.102. The average Bonchev–Trinajstić information content (AvgIpc) is 2.94. The Hall–Kier alpha value is -2.30. The highest BCUT2D eigenvalue weighted by molar-refractivity contribution is 6.09. The minimum atomic E-state index is -0.104. The van der Waals surface area contributed by atoms with Crippen molar-refractivity contribution in [1.82, 2.24) is 9.55 Å². The molecule has 0 amide bonds. The number of para-hydroxylation sites is 1. The first-order valence-corrected chi connectivity index (χ1v) is 6.36. The Morgan fingerprint density at radius 2 is 2.42 bits per heavy atom. The van der Waals surface area contributed by atoms with Crippen molar-refractivity contribution in [2.75, 3.05) is 18.5 Å². The van der Waals surface area contributed by atoms with Crippen molar-refractivity contribution in [2.24, 2.45) is 0 Å². The predicted octanol–water partition coefficient (Wildman–Crippen LogP) is 1.94. The molecule has 1 aliphatic heterocycles. The number of carbonyl (C=O) groups excluding carboxylic acids is 1. The molecule has 1 N–H and O–H groups in total. The van der Waals surface area contributed by atoms with E-state index in [1.807, 2.05) is 29.8 Å². The van der Waals surface area contributed by atoms with E-state index in [1.165, 1.54) is 0 Å². The number of carbonyl (C=O) groups is 1. The maximum atomic E-state index is 12.6. The summed E-state index contributed by atoms with van der Waals surface area (Å²) in [5.74, 6) is 0.974. The maximum absolute atomic E-state index is 12.6. The van der Waals surface area contributed by atoms with E-state index in [2.05, 4.69) is 10.3 Å². The molecule has 0 unspecified atom stereocenters. The van der Waals surface area contributed by atoms with Crippen molar-refractivity contribution in [3.8, 4) is 5.75 Å². The lowest BCUT2D eigenvalue weighted by Gasteiger charge is -2.21. The summed E-state index contributed by atoms with van der Waals surface area (Å²) in [6, 6.07) is 5.55. The molecule has 2 heterocycles. The molecule has 1 aliphatic rings. The smallest absolute Gasteiger partial charge is 0.232 e. The summed E-state index contributed by atoms with van der Waals surface area (Å²) in [5.41, 5.74) is 1.43. The van der Waals surface area contributed by atoms with Gasteiger partial charge in [-0.15, -0.1) is 0 Å². The molecule has 0 saturated carbocycles. The molecule has 5 heteroatoms. The number of benzene rings is 1. The lowest BCUT2D eigenvalue weighted by Crippen LogP contribution is -2.21. The number of rotatable bonds is 3. The first kappa shape index (κ1) is 11.8. The Bertz CT molecular complexity index is 619. The topological polar surface area (TPSA) is 56.2 Å². The predicted molar refractivity (Wildman–Crippen MR) is 71.8 cm³/mol. The molecule has 1 aromatic carbocycles. The largest absolute Gasteiger partial charge is 0.489 e. The highest BCUT2D eigenvalue weighted by Crippen LogP contribution is 2.32. The molecular formula is C14H15N3O2. The summed E-state index contributed by atoms with van der Waals surface area (Å²) < 4.78 is 7.46. The van der Waals surface area contributed by atoms with Gasteiger partial charge in [0, 0.05) is 25.5 Å². The summed E-state index contributed by atoms with van der Waals surface area (Å²) in [6.07, 6.45) is 3.45. The van der Waals surface area contributed by atoms with Gasteiger partial charge in [0.25, 0.3) is 0 Å². The Balaban J connectivity index is 2.05. The first-order chi connectivity index (χ1) is 9.31. The maximum Gasteiger partial charge on any atom is 0.232 e. The molecule has 0 fully saturated rings. The van der Waals surface area contributed by atoms with Gasteiger partial charge < -0.3 is 14.6 Å². The molecule has 2 aromatic rings. The SMILES string of the molecule is CCn1ccnc1C(=O)c1cccc2c1OCCN2. The van der Waals surface area contributed by atoms with Crippen LogP contribution in [0.4, 0.5) is 5.69 Å². The van der Waals surface area contributed by atoms with Gasteiger partial charge in [-0.25, -0.2) is 4.98 Å². The van der Waals surface area contributed by atoms with E-state index in [4.69, 9.17) is 4.74 Å². The van der Waals surface area contributed by atoms with Crippen LogP contribution in [0.3, 0.4) is 0 Å². The molecule has 0 radical (unpaired) electrons. The Kier molecular flexibility index (Phi) is 2.95. The normalized spacial score (nSPS) is 13.3. The molecule has 0 aliphatic carbocycles. The van der Waals surface area contributed by atoms with E-state index >= 15 is 0 Å². The molecule has 0 spiro atoms. The van der Waals surface area contributed by atoms with Crippen LogP contribution in [0, 0.1) is 0 Å². The van der Waals surface area contributed by atoms with Crippen molar-refractivity contribution in [2.45, 2.75) is 13.5 Å². The number of ketones is 1. The minimum Gasteiger partial charge on any atom is -0.489 e. The third-order valence-electron chi connectivity index (χ3n) is 3.18. The van der Waals surface area contributed by atoms with Gasteiger partial charge in [-0.1, -0.05) is 6.07 Å². The summed E-state index contributed by atoms with van der Waals surface area (Å²) in [4.78, 5) is 16.7. The second-order valence-corrected chi connectivity index (χ2v) is 4.32. The van der Waals surface area contributed by atoms with Crippen LogP contribution in [-0.2, 0) is 6.54 Å². The van der Waals surface area contributed by atoms with Crippen LogP contribution < -0.4 is 10.1 Å². The number of ether oxygens (including phenoxy) is 1. The van der Waals surface area contributed by atoms with E-state index in [-0.39, 0.29) is 5.78 Å². The van der Waals surface area contributed by atoms with E-state index in [0.29, 0.717) is 23.7 Å². The van der Waals surface area contributed by atoms with Gasteiger partial charge in [0.1, 0.15) is 6.61 Å². The van der Waals surface area contributed by atoms with Crippen LogP contribution in [0.15, 0.2) is 30.6 Å². The Labute approximate surface area is 111 Å². The molecular weight excluding hydrogens is 242 g/mol. The number of hydrogen-bond donors (Lipinski definition) is 1. The number of nitrogens with one attached hydrogen (secondary N) is 1. The van der Waals surface area contributed by atoms with Crippen LogP contribution in [-0.4, -0.2) is 28.5 Å². The highest BCUT2D eigenvalue weighted by Gasteiger charge is 2.22. The molecule has 1 aromatic heterocycles. The van der Waals surface area contributed by atoms with Crippen molar-refractivity contribution < 1.29 is 9.53 Å². The minimum absolute atomic E-state index is 0.104. The molecule has 5 nitrogen and oxygen atoms in total. The fourth-order valence-electron chi connectivity index (χ4n) is 2.24. The van der Waals surface area contributed by atoms with E-state index < -0.39 is 0 Å². The Morgan fingerprint density at radius 3 is 3.26 bits per heavy atom. The summed E-state index contributed by atoms with van der Waals surface area (Å²) >= 11 is 0. The van der Waals surface area contributed by atoms with Gasteiger partial charge in [0.05, 0.1) is 11.3 Å². The summed E-state index contributed by atoms with van der Waals surface area (Å²) in [5, 5.41) is 3.23. The van der Waals surface area contributed by atoms with E-state index in [1.54, 1.807) is 12.3 Å². The van der Waals surface area contributed by atoms with Gasteiger partial charge in [0.2, 0.25) is 5.78 Å². The Morgan fingerprint density at radius 1 is 1.53 bits per heavy atom. The van der Waals surface area contributed by atoms with Crippen LogP contribution in [0.25, 0.3) is 0 Å². The van der Waals surface area contributed by atoms with Gasteiger partial charge in [-0.3, -0.25) is 4.79 Å². The molecule has 19 heavy (non-hydrogen) atoms. The monoisotopic (exact) mass is 257 g/mol. The number of imidazole rings is 1. The van der Waals surface area contributed by atoms with Crippen molar-refractivity contribution >= 4 is 11.5 Å². The molecule has 0 bridgehead atoms. The number of aromatic nitrogens is 2. The quantitative estimate of drug-likeness (QED) is 0.854. The van der Waals surface area contributed by atoms with E-state index in [0.717, 1.165) is 18.8 Å². The molecule has 3 rings (SSSR count). The molecule has 98 valence electrons. The number of fused-ring (bicyclic) bond motifs is 1. The highest BCUT2D eigenvalue weighted by atomic mass is 16.5. The van der Waals surface area contributed by atoms with Gasteiger partial charge in [-0.05, 0) is 19.1 Å². The zero-order valence-corrected chi connectivity index (χ0v) is 10.7. The van der Waals surface area contributed by atoms with Crippen molar-refractivity contribution in [3.05, 3.63) is 42.0 Å². The number of aryl methyl sites for hydroxylation is 1.